The number of nitrogens with one attached hydrogen (secondary N) is 1. The molecule has 0 aliphatic carbocycles. The van der Waals surface area contributed by atoms with Crippen molar-refractivity contribution in [1.82, 2.24) is 5.32 Å². The van der Waals surface area contributed by atoms with E-state index in [4.69, 9.17) is 25.8 Å². The second-order valence-electron chi connectivity index (χ2n) is 6.68. The number of rotatable bonds is 10. The molecule has 152 valence electrons. The van der Waals surface area contributed by atoms with Crippen LogP contribution in [0.25, 0.3) is 0 Å². The van der Waals surface area contributed by atoms with Crippen LogP contribution in [0.4, 0.5) is 0 Å². The maximum atomic E-state index is 5.90. The summed E-state index contributed by atoms with van der Waals surface area (Å²) in [5.41, 5.74) is 3.52. The Labute approximate surface area is 177 Å². The molecule has 3 aromatic rings. The summed E-state index contributed by atoms with van der Waals surface area (Å²) in [7, 11) is 3.30. The lowest BCUT2D eigenvalue weighted by atomic mass is 10.1. The van der Waals surface area contributed by atoms with Crippen LogP contribution in [0.15, 0.2) is 66.7 Å². The lowest BCUT2D eigenvalue weighted by Crippen LogP contribution is -2.16. The highest BCUT2D eigenvalue weighted by Crippen LogP contribution is 2.27. The second kappa shape index (κ2) is 10.7. The maximum absolute atomic E-state index is 5.90. The average molecular weight is 412 g/mol. The zero-order valence-electron chi connectivity index (χ0n) is 16.8. The summed E-state index contributed by atoms with van der Waals surface area (Å²) in [5.74, 6) is 2.37. The molecule has 0 bridgehead atoms. The normalized spacial score (nSPS) is 10.6. The summed E-state index contributed by atoms with van der Waals surface area (Å²) in [6, 6.07) is 21.9. The molecule has 5 heteroatoms. The standard InChI is InChI=1S/C24H26ClNO3/c1-27-23-12-7-18(15-24(23)28-2)13-14-26-16-19-5-10-22(11-6-19)29-17-20-3-8-21(25)9-4-20/h3-12,15,26H,13-14,16-17H2,1-2H3. The van der Waals surface area contributed by atoms with Crippen molar-refractivity contribution >= 4 is 11.6 Å². The van der Waals surface area contributed by atoms with Crippen LogP contribution in [0, 0.1) is 0 Å². The first-order valence-electron chi connectivity index (χ1n) is 9.56. The predicted molar refractivity (Wildman–Crippen MR) is 117 cm³/mol. The molecule has 1 N–H and O–H groups in total. The van der Waals surface area contributed by atoms with Gasteiger partial charge in [0.25, 0.3) is 0 Å². The second-order valence-corrected chi connectivity index (χ2v) is 7.11. The Balaban J connectivity index is 1.41. The van der Waals surface area contributed by atoms with Crippen molar-refractivity contribution in [3.8, 4) is 17.2 Å². The van der Waals surface area contributed by atoms with Crippen LogP contribution in [0.3, 0.4) is 0 Å². The van der Waals surface area contributed by atoms with Gasteiger partial charge in [0.15, 0.2) is 11.5 Å². The Kier molecular flexibility index (Phi) is 7.79. The fourth-order valence-electron chi connectivity index (χ4n) is 2.95. The first kappa shape index (κ1) is 21.0. The number of methoxy groups -OCH3 is 2. The van der Waals surface area contributed by atoms with Crippen molar-refractivity contribution in [2.45, 2.75) is 19.6 Å². The quantitative estimate of drug-likeness (QED) is 0.461. The molecule has 0 aromatic heterocycles. The zero-order valence-corrected chi connectivity index (χ0v) is 17.5. The van der Waals surface area contributed by atoms with Gasteiger partial charge in [-0.25, -0.2) is 0 Å². The van der Waals surface area contributed by atoms with Crippen molar-refractivity contribution < 1.29 is 14.2 Å². The number of benzene rings is 3. The molecular formula is C24H26ClNO3. The Morgan fingerprint density at radius 3 is 2.10 bits per heavy atom. The molecule has 3 rings (SSSR count). The predicted octanol–water partition coefficient (Wildman–Crippen LogP) is 5.27. The molecule has 0 radical (unpaired) electrons. The van der Waals surface area contributed by atoms with Crippen molar-refractivity contribution in [2.75, 3.05) is 20.8 Å². The fraction of sp³-hybridized carbons (Fsp3) is 0.250. The van der Waals surface area contributed by atoms with Crippen LogP contribution >= 0.6 is 11.6 Å². The van der Waals surface area contributed by atoms with Crippen molar-refractivity contribution in [1.29, 1.82) is 0 Å². The third-order valence-corrected chi connectivity index (χ3v) is 4.86. The Bertz CT molecular complexity index is 895. The summed E-state index contributed by atoms with van der Waals surface area (Å²) in [6.07, 6.45) is 0.919. The highest BCUT2D eigenvalue weighted by Gasteiger charge is 2.04. The van der Waals surface area contributed by atoms with E-state index >= 15 is 0 Å². The Morgan fingerprint density at radius 1 is 0.759 bits per heavy atom. The van der Waals surface area contributed by atoms with Crippen LogP contribution in [-0.4, -0.2) is 20.8 Å². The molecule has 0 aliphatic heterocycles. The van der Waals surface area contributed by atoms with E-state index in [0.717, 1.165) is 47.3 Å². The SMILES string of the molecule is COc1ccc(CCNCc2ccc(OCc3ccc(Cl)cc3)cc2)cc1OC. The van der Waals surface area contributed by atoms with E-state index in [2.05, 4.69) is 23.5 Å². The third kappa shape index (κ3) is 6.41. The van der Waals surface area contributed by atoms with Gasteiger partial charge in [0.1, 0.15) is 12.4 Å². The van der Waals surface area contributed by atoms with Gasteiger partial charge in [-0.15, -0.1) is 0 Å². The minimum absolute atomic E-state index is 0.528. The summed E-state index contributed by atoms with van der Waals surface area (Å²) in [5, 5.41) is 4.21. The van der Waals surface area contributed by atoms with Gasteiger partial charge in [-0.2, -0.15) is 0 Å². The lowest BCUT2D eigenvalue weighted by Gasteiger charge is -2.10. The van der Waals surface area contributed by atoms with Gasteiger partial charge >= 0.3 is 0 Å². The van der Waals surface area contributed by atoms with Crippen LogP contribution in [0.1, 0.15) is 16.7 Å². The molecule has 0 heterocycles. The molecular weight excluding hydrogens is 386 g/mol. The minimum Gasteiger partial charge on any atom is -0.493 e. The highest BCUT2D eigenvalue weighted by atomic mass is 35.5. The summed E-state index contributed by atoms with van der Waals surface area (Å²) in [6.45, 7) is 2.22. The van der Waals surface area contributed by atoms with Gasteiger partial charge in [-0.1, -0.05) is 41.9 Å². The number of hydrogen-bond donors (Lipinski definition) is 1. The molecule has 0 spiro atoms. The van der Waals surface area contributed by atoms with Crippen LogP contribution < -0.4 is 19.5 Å². The molecule has 0 saturated carbocycles. The van der Waals surface area contributed by atoms with Crippen molar-refractivity contribution in [2.24, 2.45) is 0 Å². The first-order valence-corrected chi connectivity index (χ1v) is 9.93. The Morgan fingerprint density at radius 2 is 1.41 bits per heavy atom. The van der Waals surface area contributed by atoms with Crippen LogP contribution in [0.2, 0.25) is 5.02 Å². The van der Waals surface area contributed by atoms with E-state index in [9.17, 15) is 0 Å². The summed E-state index contributed by atoms with van der Waals surface area (Å²) >= 11 is 5.90. The van der Waals surface area contributed by atoms with Crippen molar-refractivity contribution in [3.05, 3.63) is 88.4 Å². The average Bonchev–Trinajstić information content (AvgIpc) is 2.77. The van der Waals surface area contributed by atoms with Gasteiger partial charge in [-0.3, -0.25) is 0 Å². The molecule has 4 nitrogen and oxygen atoms in total. The van der Waals surface area contributed by atoms with Crippen LogP contribution in [0.5, 0.6) is 17.2 Å². The van der Waals surface area contributed by atoms with Gasteiger partial charge in [0.05, 0.1) is 14.2 Å². The molecule has 0 fully saturated rings. The molecule has 29 heavy (non-hydrogen) atoms. The monoisotopic (exact) mass is 411 g/mol. The topological polar surface area (TPSA) is 39.7 Å². The largest absolute Gasteiger partial charge is 0.493 e. The minimum atomic E-state index is 0.528. The van der Waals surface area contributed by atoms with E-state index in [-0.39, 0.29) is 0 Å². The first-order chi connectivity index (χ1) is 14.2. The zero-order chi connectivity index (χ0) is 20.5. The fourth-order valence-corrected chi connectivity index (χ4v) is 3.08. The Hall–Kier alpha value is -2.69. The van der Waals surface area contributed by atoms with Crippen molar-refractivity contribution in [3.63, 3.8) is 0 Å². The molecule has 0 atom stereocenters. The van der Waals surface area contributed by atoms with E-state index in [1.165, 1.54) is 11.1 Å². The van der Waals surface area contributed by atoms with Gasteiger partial charge in [0.2, 0.25) is 0 Å². The maximum Gasteiger partial charge on any atom is 0.160 e. The van der Waals surface area contributed by atoms with Gasteiger partial charge in [0, 0.05) is 11.6 Å². The lowest BCUT2D eigenvalue weighted by molar-refractivity contribution is 0.306. The van der Waals surface area contributed by atoms with Gasteiger partial charge in [-0.05, 0) is 66.1 Å². The van der Waals surface area contributed by atoms with E-state index in [1.807, 2.05) is 48.5 Å². The van der Waals surface area contributed by atoms with E-state index in [0.29, 0.717) is 6.61 Å². The van der Waals surface area contributed by atoms with E-state index in [1.54, 1.807) is 14.2 Å². The van der Waals surface area contributed by atoms with Gasteiger partial charge < -0.3 is 19.5 Å². The number of halogens is 1. The van der Waals surface area contributed by atoms with Crippen LogP contribution in [-0.2, 0) is 19.6 Å². The molecule has 0 aliphatic rings. The molecule has 0 amide bonds. The van der Waals surface area contributed by atoms with E-state index < -0.39 is 0 Å². The smallest absolute Gasteiger partial charge is 0.160 e. The summed E-state index contributed by atoms with van der Waals surface area (Å²) < 4.78 is 16.5. The molecule has 0 unspecified atom stereocenters. The molecule has 3 aromatic carbocycles. The summed E-state index contributed by atoms with van der Waals surface area (Å²) in [4.78, 5) is 0. The molecule has 0 saturated heterocycles. The number of ether oxygens (including phenoxy) is 3. The highest BCUT2D eigenvalue weighted by molar-refractivity contribution is 6.30. The third-order valence-electron chi connectivity index (χ3n) is 4.61. The number of hydrogen-bond acceptors (Lipinski definition) is 4.